The zero-order valence-corrected chi connectivity index (χ0v) is 15.9. The van der Waals surface area contributed by atoms with E-state index in [1.807, 2.05) is 24.3 Å². The van der Waals surface area contributed by atoms with Crippen molar-refractivity contribution < 1.29 is 9.90 Å². The van der Waals surface area contributed by atoms with Gasteiger partial charge in [-0.3, -0.25) is 14.5 Å². The largest absolute Gasteiger partial charge is 0.503 e. The van der Waals surface area contributed by atoms with Gasteiger partial charge in [-0.2, -0.15) is 0 Å². The number of aromatic hydroxyl groups is 1. The summed E-state index contributed by atoms with van der Waals surface area (Å²) in [6, 6.07) is 9.74. The second kappa shape index (κ2) is 8.01. The number of aromatic nitrogens is 1. The van der Waals surface area contributed by atoms with E-state index in [4.69, 9.17) is 0 Å². The summed E-state index contributed by atoms with van der Waals surface area (Å²) < 4.78 is 2.63. The lowest BCUT2D eigenvalue weighted by molar-refractivity contribution is -0.119. The van der Waals surface area contributed by atoms with Gasteiger partial charge in [0.15, 0.2) is 5.75 Å². The monoisotopic (exact) mass is 453 g/mol. The van der Waals surface area contributed by atoms with E-state index < -0.39 is 0 Å². The van der Waals surface area contributed by atoms with Gasteiger partial charge in [0.2, 0.25) is 6.41 Å². The van der Waals surface area contributed by atoms with E-state index in [9.17, 15) is 14.7 Å². The fourth-order valence-corrected chi connectivity index (χ4v) is 3.56. The second-order valence-electron chi connectivity index (χ2n) is 6.17. The average molecular weight is 453 g/mol. The molecule has 2 aromatic rings. The zero-order chi connectivity index (χ0) is 17.8. The Morgan fingerprint density at radius 2 is 1.88 bits per heavy atom. The van der Waals surface area contributed by atoms with Crippen LogP contribution in [0.25, 0.3) is 0 Å². The normalized spacial score (nSPS) is 15.3. The van der Waals surface area contributed by atoms with Crippen LogP contribution in [0.15, 0.2) is 41.3 Å². The lowest BCUT2D eigenvalue weighted by Gasteiger charge is -2.32. The molecule has 6 nitrogen and oxygen atoms in total. The van der Waals surface area contributed by atoms with E-state index >= 15 is 0 Å². The third-order valence-electron chi connectivity index (χ3n) is 4.42. The van der Waals surface area contributed by atoms with E-state index in [1.54, 1.807) is 17.2 Å². The molecule has 0 aliphatic carbocycles. The van der Waals surface area contributed by atoms with Crippen molar-refractivity contribution in [2.24, 2.45) is 0 Å². The summed E-state index contributed by atoms with van der Waals surface area (Å²) in [6.07, 6.45) is 2.60. The van der Waals surface area contributed by atoms with Gasteiger partial charge in [-0.15, -0.1) is 0 Å². The Hall–Kier alpha value is -1.87. The van der Waals surface area contributed by atoms with Gasteiger partial charge < -0.3 is 14.6 Å². The van der Waals surface area contributed by atoms with Crippen LogP contribution >= 0.6 is 22.6 Å². The molecule has 1 amide bonds. The molecule has 1 aromatic carbocycles. The van der Waals surface area contributed by atoms with Crippen molar-refractivity contribution in [2.45, 2.75) is 13.1 Å². The number of hydrogen-bond donors (Lipinski definition) is 1. The highest BCUT2D eigenvalue weighted by Gasteiger charge is 2.18. The summed E-state index contributed by atoms with van der Waals surface area (Å²) in [6.45, 7) is 3.77. The van der Waals surface area contributed by atoms with Gasteiger partial charge in [0.1, 0.15) is 0 Å². The minimum atomic E-state index is -0.372. The molecule has 1 N–H and O–H groups in total. The number of hydrogen-bond acceptors (Lipinski definition) is 4. The fourth-order valence-electron chi connectivity index (χ4n) is 2.95. The highest BCUT2D eigenvalue weighted by atomic mass is 127. The van der Waals surface area contributed by atoms with Gasteiger partial charge in [-0.25, -0.2) is 0 Å². The summed E-state index contributed by atoms with van der Waals surface area (Å²) in [5, 5.41) is 10.3. The van der Waals surface area contributed by atoms with E-state index in [0.29, 0.717) is 31.7 Å². The molecule has 2 heterocycles. The maximum Gasteiger partial charge on any atom is 0.293 e. The van der Waals surface area contributed by atoms with Crippen LogP contribution in [0.4, 0.5) is 0 Å². The van der Waals surface area contributed by atoms with Crippen molar-refractivity contribution in [1.82, 2.24) is 14.4 Å². The zero-order valence-electron chi connectivity index (χ0n) is 13.8. The van der Waals surface area contributed by atoms with Crippen LogP contribution < -0.4 is 5.56 Å². The fraction of sp³-hybridized carbons (Fsp3) is 0.333. The molecule has 0 unspecified atom stereocenters. The van der Waals surface area contributed by atoms with Crippen LogP contribution in [-0.4, -0.2) is 52.1 Å². The molecule has 0 bridgehead atoms. The molecule has 3 rings (SSSR count). The Morgan fingerprint density at radius 3 is 2.56 bits per heavy atom. The molecule has 0 radical (unpaired) electrons. The van der Waals surface area contributed by atoms with E-state index in [-0.39, 0.29) is 11.3 Å². The first kappa shape index (κ1) is 17.9. The van der Waals surface area contributed by atoms with E-state index in [1.165, 1.54) is 4.57 Å². The molecule has 25 heavy (non-hydrogen) atoms. The Kier molecular flexibility index (Phi) is 5.74. The van der Waals surface area contributed by atoms with Gasteiger partial charge in [-0.05, 0) is 46.4 Å². The van der Waals surface area contributed by atoms with Crippen LogP contribution in [-0.2, 0) is 17.9 Å². The first-order valence-electron chi connectivity index (χ1n) is 8.14. The van der Waals surface area contributed by atoms with Crippen molar-refractivity contribution >= 4 is 29.0 Å². The highest BCUT2D eigenvalue weighted by molar-refractivity contribution is 14.1. The van der Waals surface area contributed by atoms with Crippen molar-refractivity contribution in [3.8, 4) is 5.75 Å². The molecule has 1 saturated heterocycles. The Bertz CT molecular complexity index is 813. The lowest BCUT2D eigenvalue weighted by Crippen LogP contribution is -2.45. The summed E-state index contributed by atoms with van der Waals surface area (Å²) in [4.78, 5) is 27.1. The lowest BCUT2D eigenvalue weighted by atomic mass is 10.2. The first-order valence-corrected chi connectivity index (χ1v) is 9.22. The quantitative estimate of drug-likeness (QED) is 0.551. The molecule has 0 saturated carbocycles. The average Bonchev–Trinajstić information content (AvgIpc) is 2.62. The number of piperazine rings is 1. The molecular formula is C18H20IN3O3. The first-order chi connectivity index (χ1) is 12.1. The number of nitrogens with zero attached hydrogens (tertiary/aromatic N) is 3. The SMILES string of the molecule is O=CN1CCN(Cc2ccn(Cc3cccc(I)c3)c(=O)c2O)CC1. The van der Waals surface area contributed by atoms with Crippen LogP contribution in [0.2, 0.25) is 0 Å². The van der Waals surface area contributed by atoms with Crippen molar-refractivity contribution in [3.63, 3.8) is 0 Å². The summed E-state index contributed by atoms with van der Waals surface area (Å²) >= 11 is 2.24. The van der Waals surface area contributed by atoms with Crippen molar-refractivity contribution in [3.05, 3.63) is 61.6 Å². The second-order valence-corrected chi connectivity index (χ2v) is 7.42. The molecule has 1 aromatic heterocycles. The maximum absolute atomic E-state index is 12.5. The molecular weight excluding hydrogens is 433 g/mol. The summed E-state index contributed by atoms with van der Waals surface area (Å²) in [5.41, 5.74) is 1.28. The number of halogens is 1. The van der Waals surface area contributed by atoms with Crippen LogP contribution in [0.1, 0.15) is 11.1 Å². The summed E-state index contributed by atoms with van der Waals surface area (Å²) in [7, 11) is 0. The standard InChI is InChI=1S/C18H20IN3O3/c19-16-3-1-2-14(10-16)11-22-5-4-15(17(24)18(22)25)12-20-6-8-21(13-23)9-7-20/h1-5,10,13,24H,6-9,11-12H2. The molecule has 132 valence electrons. The molecule has 7 heteroatoms. The smallest absolute Gasteiger partial charge is 0.293 e. The number of benzene rings is 1. The van der Waals surface area contributed by atoms with Gasteiger partial charge in [0, 0.05) is 48.1 Å². The number of amides is 1. The molecule has 1 fully saturated rings. The van der Waals surface area contributed by atoms with Gasteiger partial charge in [-0.1, -0.05) is 12.1 Å². The highest BCUT2D eigenvalue weighted by Crippen LogP contribution is 2.16. The van der Waals surface area contributed by atoms with Crippen molar-refractivity contribution in [2.75, 3.05) is 26.2 Å². The van der Waals surface area contributed by atoms with E-state index in [0.717, 1.165) is 28.6 Å². The Labute approximate surface area is 159 Å². The number of rotatable bonds is 5. The van der Waals surface area contributed by atoms with Gasteiger partial charge >= 0.3 is 0 Å². The van der Waals surface area contributed by atoms with Crippen LogP contribution in [0.3, 0.4) is 0 Å². The topological polar surface area (TPSA) is 65.8 Å². The van der Waals surface area contributed by atoms with Gasteiger partial charge in [0.05, 0.1) is 6.54 Å². The van der Waals surface area contributed by atoms with E-state index in [2.05, 4.69) is 27.5 Å². The molecule has 0 spiro atoms. The molecule has 1 aliphatic rings. The van der Waals surface area contributed by atoms with Crippen molar-refractivity contribution in [1.29, 1.82) is 0 Å². The third-order valence-corrected chi connectivity index (χ3v) is 5.09. The molecule has 0 atom stereocenters. The predicted octanol–water partition coefficient (Wildman–Crippen LogP) is 1.48. The summed E-state index contributed by atoms with van der Waals surface area (Å²) in [5.74, 6) is -0.189. The number of carbonyl (C=O) groups excluding carboxylic acids is 1. The minimum absolute atomic E-state index is 0.189. The Balaban J connectivity index is 1.72. The van der Waals surface area contributed by atoms with Crippen LogP contribution in [0.5, 0.6) is 5.75 Å². The van der Waals surface area contributed by atoms with Crippen LogP contribution in [0, 0.1) is 3.57 Å². The Morgan fingerprint density at radius 1 is 1.12 bits per heavy atom. The predicted molar refractivity (Wildman–Crippen MR) is 104 cm³/mol. The molecule has 1 aliphatic heterocycles. The minimum Gasteiger partial charge on any atom is -0.503 e. The maximum atomic E-state index is 12.5. The van der Waals surface area contributed by atoms with Gasteiger partial charge in [0.25, 0.3) is 5.56 Å². The number of pyridine rings is 1. The third kappa shape index (κ3) is 4.40. The number of carbonyl (C=O) groups is 1.